The van der Waals surface area contributed by atoms with E-state index in [0.717, 1.165) is 0 Å². The van der Waals surface area contributed by atoms with Gasteiger partial charge in [-0.1, -0.05) is 6.92 Å². The second-order valence-corrected chi connectivity index (χ2v) is 3.77. The summed E-state index contributed by atoms with van der Waals surface area (Å²) in [6.45, 7) is 1.89. The van der Waals surface area contributed by atoms with Crippen LogP contribution in [0.5, 0.6) is 0 Å². The summed E-state index contributed by atoms with van der Waals surface area (Å²) >= 11 is 0. The molecule has 0 aromatic carbocycles. The summed E-state index contributed by atoms with van der Waals surface area (Å²) in [5.74, 6) is -0.444. The molecule has 0 aromatic heterocycles. The summed E-state index contributed by atoms with van der Waals surface area (Å²) in [6, 6.07) is 0. The van der Waals surface area contributed by atoms with Crippen LogP contribution in [0.1, 0.15) is 13.3 Å². The lowest BCUT2D eigenvalue weighted by atomic mass is 10.0. The summed E-state index contributed by atoms with van der Waals surface area (Å²) in [4.78, 5) is 24.5. The fourth-order valence-corrected chi connectivity index (χ4v) is 1.68. The van der Waals surface area contributed by atoms with Gasteiger partial charge in [0.2, 0.25) is 5.91 Å². The lowest BCUT2D eigenvalue weighted by Crippen LogP contribution is -2.38. The lowest BCUT2D eigenvalue weighted by molar-refractivity contribution is -0.155. The molecular weight excluding hydrogens is 170 g/mol. The molecule has 0 bridgehead atoms. The molecule has 0 N–H and O–H groups in total. The highest BCUT2D eigenvalue weighted by atomic mass is 16.5. The van der Waals surface area contributed by atoms with Crippen LogP contribution in [0.15, 0.2) is 0 Å². The van der Waals surface area contributed by atoms with E-state index in [0.29, 0.717) is 6.42 Å². The maximum Gasteiger partial charge on any atom is 0.321 e. The Morgan fingerprint density at radius 3 is 2.15 bits per heavy atom. The number of carbonyl (C=O) groups excluding carboxylic acids is 2. The summed E-state index contributed by atoms with van der Waals surface area (Å²) in [7, 11) is 4.62. The number of hydrogen-bond donors (Lipinski definition) is 0. The van der Waals surface area contributed by atoms with Crippen molar-refractivity contribution in [3.05, 3.63) is 0 Å². The maximum absolute atomic E-state index is 11.7. The Hall–Kier alpha value is -1.06. The fraction of sp³-hybridized carbons (Fsp3) is 0.778. The molecule has 13 heavy (non-hydrogen) atoms. The normalized spacial score (nSPS) is 30.9. The highest BCUT2D eigenvalue weighted by Crippen LogP contribution is 2.54. The third kappa shape index (κ3) is 1.30. The summed E-state index contributed by atoms with van der Waals surface area (Å²) in [5.41, 5.74) is -0.877. The quantitative estimate of drug-likeness (QED) is 0.458. The van der Waals surface area contributed by atoms with Crippen LogP contribution >= 0.6 is 0 Å². The van der Waals surface area contributed by atoms with E-state index in [-0.39, 0.29) is 11.8 Å². The van der Waals surface area contributed by atoms with Crippen LogP contribution in [0.4, 0.5) is 0 Å². The molecule has 1 aliphatic rings. The Bertz CT molecular complexity index is 249. The van der Waals surface area contributed by atoms with Crippen molar-refractivity contribution in [2.75, 3.05) is 21.2 Å². The Labute approximate surface area is 77.8 Å². The van der Waals surface area contributed by atoms with Gasteiger partial charge in [0, 0.05) is 14.1 Å². The predicted octanol–water partition coefficient (Wildman–Crippen LogP) is 0.274. The Balaban J connectivity index is 2.85. The first kappa shape index (κ1) is 10.0. The molecule has 0 aliphatic heterocycles. The molecule has 4 heteroatoms. The van der Waals surface area contributed by atoms with Gasteiger partial charge in [-0.15, -0.1) is 0 Å². The van der Waals surface area contributed by atoms with Gasteiger partial charge >= 0.3 is 5.97 Å². The third-order valence-electron chi connectivity index (χ3n) is 2.65. The van der Waals surface area contributed by atoms with Gasteiger partial charge in [0.1, 0.15) is 5.41 Å². The highest BCUT2D eigenvalue weighted by Gasteiger charge is 2.64. The number of nitrogens with zero attached hydrogens (tertiary/aromatic N) is 1. The third-order valence-corrected chi connectivity index (χ3v) is 2.65. The van der Waals surface area contributed by atoms with Crippen molar-refractivity contribution in [3.8, 4) is 0 Å². The monoisotopic (exact) mass is 185 g/mol. The van der Waals surface area contributed by atoms with Gasteiger partial charge in [-0.2, -0.15) is 0 Å². The molecule has 2 atom stereocenters. The molecule has 74 valence electrons. The van der Waals surface area contributed by atoms with E-state index in [1.54, 1.807) is 14.1 Å². The topological polar surface area (TPSA) is 46.6 Å². The van der Waals surface area contributed by atoms with Crippen LogP contribution in [0, 0.1) is 11.3 Å². The minimum Gasteiger partial charge on any atom is -0.468 e. The van der Waals surface area contributed by atoms with Crippen LogP contribution in [0.25, 0.3) is 0 Å². The Kier molecular flexibility index (Phi) is 2.32. The molecule has 0 aromatic rings. The van der Waals surface area contributed by atoms with Gasteiger partial charge in [0.15, 0.2) is 0 Å². The molecule has 4 nitrogen and oxygen atoms in total. The van der Waals surface area contributed by atoms with Crippen LogP contribution in [-0.2, 0) is 14.3 Å². The first-order valence-electron chi connectivity index (χ1n) is 4.27. The summed E-state index contributed by atoms with van der Waals surface area (Å²) in [6.07, 6.45) is 0.608. The SMILES string of the molecule is COC(=O)C1(C(=O)N(C)C)CC1C. The maximum atomic E-state index is 11.7. The van der Waals surface area contributed by atoms with E-state index in [4.69, 9.17) is 0 Å². The van der Waals surface area contributed by atoms with Crippen molar-refractivity contribution >= 4 is 11.9 Å². The number of methoxy groups -OCH3 is 1. The molecule has 1 rings (SSSR count). The van der Waals surface area contributed by atoms with E-state index in [1.165, 1.54) is 12.0 Å². The molecular formula is C9H15NO3. The second-order valence-electron chi connectivity index (χ2n) is 3.77. The first-order chi connectivity index (χ1) is 5.96. The number of ether oxygens (including phenoxy) is 1. The molecule has 1 fully saturated rings. The van der Waals surface area contributed by atoms with E-state index in [9.17, 15) is 9.59 Å². The molecule has 2 unspecified atom stereocenters. The number of hydrogen-bond acceptors (Lipinski definition) is 3. The van der Waals surface area contributed by atoms with Crippen LogP contribution in [-0.4, -0.2) is 38.0 Å². The Morgan fingerprint density at radius 2 is 1.92 bits per heavy atom. The van der Waals surface area contributed by atoms with Gasteiger partial charge in [-0.25, -0.2) is 0 Å². The van der Waals surface area contributed by atoms with Gasteiger partial charge in [-0.05, 0) is 12.3 Å². The predicted molar refractivity (Wildman–Crippen MR) is 46.9 cm³/mol. The van der Waals surface area contributed by atoms with Crippen LogP contribution in [0.3, 0.4) is 0 Å². The largest absolute Gasteiger partial charge is 0.468 e. The highest BCUT2D eigenvalue weighted by molar-refractivity contribution is 6.06. The molecule has 0 radical (unpaired) electrons. The molecule has 1 amide bonds. The van der Waals surface area contributed by atoms with E-state index < -0.39 is 11.4 Å². The average Bonchev–Trinajstić information content (AvgIpc) is 2.76. The zero-order chi connectivity index (χ0) is 10.2. The van der Waals surface area contributed by atoms with Gasteiger partial charge in [-0.3, -0.25) is 9.59 Å². The average molecular weight is 185 g/mol. The lowest BCUT2D eigenvalue weighted by Gasteiger charge is -2.18. The number of esters is 1. The molecule has 0 saturated heterocycles. The second kappa shape index (κ2) is 3.01. The Morgan fingerprint density at radius 1 is 1.46 bits per heavy atom. The number of rotatable bonds is 2. The first-order valence-corrected chi connectivity index (χ1v) is 4.27. The van der Waals surface area contributed by atoms with E-state index in [1.807, 2.05) is 6.92 Å². The molecule has 1 saturated carbocycles. The fourth-order valence-electron chi connectivity index (χ4n) is 1.68. The van der Waals surface area contributed by atoms with Crippen molar-refractivity contribution in [1.29, 1.82) is 0 Å². The van der Waals surface area contributed by atoms with E-state index in [2.05, 4.69) is 4.74 Å². The van der Waals surface area contributed by atoms with Crippen molar-refractivity contribution in [3.63, 3.8) is 0 Å². The minimum atomic E-state index is -0.877. The van der Waals surface area contributed by atoms with Gasteiger partial charge in [0.05, 0.1) is 7.11 Å². The standard InChI is InChI=1S/C9H15NO3/c1-6-5-9(6,8(12)13-4)7(11)10(2)3/h6H,5H2,1-4H3. The minimum absolute atomic E-state index is 0.106. The number of amides is 1. The van der Waals surface area contributed by atoms with Gasteiger partial charge < -0.3 is 9.64 Å². The summed E-state index contributed by atoms with van der Waals surface area (Å²) in [5, 5.41) is 0. The molecule has 0 heterocycles. The summed E-state index contributed by atoms with van der Waals surface area (Å²) < 4.78 is 4.63. The molecule has 0 spiro atoms. The smallest absolute Gasteiger partial charge is 0.321 e. The van der Waals surface area contributed by atoms with Crippen molar-refractivity contribution in [2.24, 2.45) is 11.3 Å². The zero-order valence-electron chi connectivity index (χ0n) is 8.46. The molecule has 1 aliphatic carbocycles. The van der Waals surface area contributed by atoms with Crippen LogP contribution < -0.4 is 0 Å². The van der Waals surface area contributed by atoms with Gasteiger partial charge in [0.25, 0.3) is 0 Å². The van der Waals surface area contributed by atoms with Crippen molar-refractivity contribution in [2.45, 2.75) is 13.3 Å². The number of carbonyl (C=O) groups is 2. The van der Waals surface area contributed by atoms with Crippen LogP contribution in [0.2, 0.25) is 0 Å². The van der Waals surface area contributed by atoms with Crippen molar-refractivity contribution < 1.29 is 14.3 Å². The zero-order valence-corrected chi connectivity index (χ0v) is 8.46. The van der Waals surface area contributed by atoms with E-state index >= 15 is 0 Å². The van der Waals surface area contributed by atoms with Crippen molar-refractivity contribution in [1.82, 2.24) is 4.90 Å².